The van der Waals surface area contributed by atoms with Gasteiger partial charge in [0.1, 0.15) is 0 Å². The number of halogens is 2. The predicted octanol–water partition coefficient (Wildman–Crippen LogP) is 8.96. The van der Waals surface area contributed by atoms with Gasteiger partial charge in [-0.1, -0.05) is 85.5 Å². The average molecular weight is 441 g/mol. The summed E-state index contributed by atoms with van der Waals surface area (Å²) in [5, 5.41) is 0. The van der Waals surface area contributed by atoms with Crippen LogP contribution in [0.25, 0.3) is 0 Å². The van der Waals surface area contributed by atoms with Gasteiger partial charge in [-0.3, -0.25) is 0 Å². The van der Waals surface area contributed by atoms with Crippen LogP contribution in [0.15, 0.2) is 12.1 Å². The molecule has 0 saturated carbocycles. The molecule has 0 radical (unpaired) electrons. The van der Waals surface area contributed by atoms with Crippen molar-refractivity contribution in [1.29, 1.82) is 0 Å². The molecule has 0 aliphatic rings. The Morgan fingerprint density at radius 1 is 0.677 bits per heavy atom. The number of rotatable bonds is 18. The van der Waals surface area contributed by atoms with Crippen molar-refractivity contribution in [3.63, 3.8) is 0 Å². The molecule has 0 aromatic heterocycles. The molecule has 1 aromatic rings. The highest BCUT2D eigenvalue weighted by Crippen LogP contribution is 2.28. The predicted molar refractivity (Wildman–Crippen MR) is 127 cm³/mol. The molecular weight excluding hydrogens is 394 g/mol. The standard InChI is InChI=1S/C27H46F2O2/c1-6-11-23(12-7-2)15-9-13-21(4)16-17-22(5)14-10-20-31-25-19-18-24(30-8-3)26(28)27(25)29/h18-19,21-23H,6-17,20H2,1-5H3. The van der Waals surface area contributed by atoms with Crippen molar-refractivity contribution in [2.75, 3.05) is 13.2 Å². The highest BCUT2D eigenvalue weighted by Gasteiger charge is 2.15. The third-order valence-corrected chi connectivity index (χ3v) is 6.27. The molecule has 2 nitrogen and oxygen atoms in total. The maximum atomic E-state index is 14.0. The Bertz CT molecular complexity index is 585. The van der Waals surface area contributed by atoms with Gasteiger partial charge in [0.15, 0.2) is 11.5 Å². The van der Waals surface area contributed by atoms with Gasteiger partial charge in [-0.25, -0.2) is 0 Å². The van der Waals surface area contributed by atoms with Crippen LogP contribution in [-0.4, -0.2) is 13.2 Å². The molecule has 0 spiro atoms. The summed E-state index contributed by atoms with van der Waals surface area (Å²) in [6.07, 6.45) is 13.9. The lowest BCUT2D eigenvalue weighted by Crippen LogP contribution is -2.06. The molecule has 0 aliphatic heterocycles. The minimum atomic E-state index is -0.975. The Morgan fingerprint density at radius 2 is 1.19 bits per heavy atom. The number of hydrogen-bond donors (Lipinski definition) is 0. The van der Waals surface area contributed by atoms with Gasteiger partial charge in [-0.2, -0.15) is 8.78 Å². The van der Waals surface area contributed by atoms with E-state index in [0.717, 1.165) is 24.7 Å². The van der Waals surface area contributed by atoms with E-state index in [1.807, 2.05) is 0 Å². The van der Waals surface area contributed by atoms with E-state index in [9.17, 15) is 8.78 Å². The van der Waals surface area contributed by atoms with Crippen LogP contribution < -0.4 is 9.47 Å². The van der Waals surface area contributed by atoms with E-state index in [1.165, 1.54) is 69.9 Å². The molecular formula is C27H46F2O2. The van der Waals surface area contributed by atoms with Gasteiger partial charge >= 0.3 is 0 Å². The van der Waals surface area contributed by atoms with Crippen LogP contribution in [0.5, 0.6) is 11.5 Å². The summed E-state index contributed by atoms with van der Waals surface area (Å²) in [6, 6.07) is 2.87. The van der Waals surface area contributed by atoms with E-state index in [-0.39, 0.29) is 11.5 Å². The summed E-state index contributed by atoms with van der Waals surface area (Å²) in [4.78, 5) is 0. The van der Waals surface area contributed by atoms with Crippen molar-refractivity contribution in [2.24, 2.45) is 17.8 Å². The van der Waals surface area contributed by atoms with Crippen molar-refractivity contribution >= 4 is 0 Å². The summed E-state index contributed by atoms with van der Waals surface area (Å²) in [6.45, 7) is 11.7. The first-order chi connectivity index (χ1) is 14.9. The molecule has 4 heteroatoms. The van der Waals surface area contributed by atoms with Crippen LogP contribution >= 0.6 is 0 Å². The van der Waals surface area contributed by atoms with Crippen LogP contribution in [-0.2, 0) is 0 Å². The highest BCUT2D eigenvalue weighted by atomic mass is 19.2. The van der Waals surface area contributed by atoms with Gasteiger partial charge in [0.05, 0.1) is 13.2 Å². The molecule has 2 unspecified atom stereocenters. The summed E-state index contributed by atoms with van der Waals surface area (Å²) < 4.78 is 38.5. The summed E-state index contributed by atoms with van der Waals surface area (Å²) >= 11 is 0. The van der Waals surface area contributed by atoms with E-state index in [2.05, 4.69) is 27.7 Å². The topological polar surface area (TPSA) is 18.5 Å². The Balaban J connectivity index is 2.20. The first-order valence-electron chi connectivity index (χ1n) is 12.7. The number of benzene rings is 1. The lowest BCUT2D eigenvalue weighted by molar-refractivity contribution is 0.265. The second kappa shape index (κ2) is 16.3. The van der Waals surface area contributed by atoms with E-state index >= 15 is 0 Å². The molecule has 0 saturated heterocycles. The molecule has 0 heterocycles. The second-order valence-corrected chi connectivity index (χ2v) is 9.28. The van der Waals surface area contributed by atoms with Crippen LogP contribution in [0.4, 0.5) is 8.78 Å². The van der Waals surface area contributed by atoms with Crippen LogP contribution in [0.1, 0.15) is 105 Å². The third kappa shape index (κ3) is 11.2. The van der Waals surface area contributed by atoms with Crippen molar-refractivity contribution < 1.29 is 18.3 Å². The summed E-state index contributed by atoms with van der Waals surface area (Å²) in [5.41, 5.74) is 0. The Kier molecular flexibility index (Phi) is 14.6. The van der Waals surface area contributed by atoms with Crippen molar-refractivity contribution in [2.45, 2.75) is 105 Å². The molecule has 31 heavy (non-hydrogen) atoms. The molecule has 0 amide bonds. The molecule has 2 atom stereocenters. The minimum absolute atomic E-state index is 0.0355. The van der Waals surface area contributed by atoms with E-state index in [0.29, 0.717) is 19.1 Å². The lowest BCUT2D eigenvalue weighted by Gasteiger charge is -2.18. The van der Waals surface area contributed by atoms with Crippen molar-refractivity contribution in [1.82, 2.24) is 0 Å². The highest BCUT2D eigenvalue weighted by molar-refractivity contribution is 5.34. The van der Waals surface area contributed by atoms with Crippen LogP contribution in [0, 0.1) is 29.4 Å². The largest absolute Gasteiger partial charge is 0.491 e. The van der Waals surface area contributed by atoms with E-state index in [4.69, 9.17) is 9.47 Å². The van der Waals surface area contributed by atoms with Crippen molar-refractivity contribution in [3.8, 4) is 11.5 Å². The molecule has 0 aliphatic carbocycles. The quantitative estimate of drug-likeness (QED) is 0.212. The zero-order valence-corrected chi connectivity index (χ0v) is 20.7. The fraction of sp³-hybridized carbons (Fsp3) is 0.778. The zero-order chi connectivity index (χ0) is 23.1. The molecule has 1 rings (SSSR count). The lowest BCUT2D eigenvalue weighted by atomic mass is 9.88. The SMILES string of the molecule is CCCC(CCC)CCCC(C)CCC(C)CCCOc1ccc(OCC)c(F)c1F. The normalized spacial score (nSPS) is 13.4. The van der Waals surface area contributed by atoms with E-state index < -0.39 is 11.6 Å². The third-order valence-electron chi connectivity index (χ3n) is 6.27. The van der Waals surface area contributed by atoms with E-state index in [1.54, 1.807) is 6.92 Å². The van der Waals surface area contributed by atoms with Gasteiger partial charge in [0, 0.05) is 0 Å². The molecule has 1 aromatic carbocycles. The smallest absolute Gasteiger partial charge is 0.204 e. The number of ether oxygens (including phenoxy) is 2. The minimum Gasteiger partial charge on any atom is -0.491 e. The average Bonchev–Trinajstić information content (AvgIpc) is 2.74. The van der Waals surface area contributed by atoms with Gasteiger partial charge in [-0.15, -0.1) is 0 Å². The fourth-order valence-corrected chi connectivity index (χ4v) is 4.37. The number of hydrogen-bond acceptors (Lipinski definition) is 2. The zero-order valence-electron chi connectivity index (χ0n) is 20.7. The molecule has 0 fully saturated rings. The first-order valence-corrected chi connectivity index (χ1v) is 12.7. The van der Waals surface area contributed by atoms with Crippen LogP contribution in [0.3, 0.4) is 0 Å². The maximum Gasteiger partial charge on any atom is 0.204 e. The van der Waals surface area contributed by atoms with Gasteiger partial charge in [0.2, 0.25) is 11.6 Å². The summed E-state index contributed by atoms with van der Waals surface area (Å²) in [7, 11) is 0. The molecule has 0 N–H and O–H groups in total. The molecule has 180 valence electrons. The van der Waals surface area contributed by atoms with Gasteiger partial charge in [0.25, 0.3) is 0 Å². The monoisotopic (exact) mass is 440 g/mol. The van der Waals surface area contributed by atoms with Crippen molar-refractivity contribution in [3.05, 3.63) is 23.8 Å². The first kappa shape index (κ1) is 27.7. The van der Waals surface area contributed by atoms with Gasteiger partial charge < -0.3 is 9.47 Å². The van der Waals surface area contributed by atoms with Gasteiger partial charge in [-0.05, 0) is 49.7 Å². The maximum absolute atomic E-state index is 14.0. The Labute approximate surface area is 190 Å². The molecule has 0 bridgehead atoms. The van der Waals surface area contributed by atoms with Crippen LogP contribution in [0.2, 0.25) is 0 Å². The fourth-order valence-electron chi connectivity index (χ4n) is 4.37. The summed E-state index contributed by atoms with van der Waals surface area (Å²) in [5.74, 6) is 0.289. The second-order valence-electron chi connectivity index (χ2n) is 9.28. The Morgan fingerprint density at radius 3 is 1.71 bits per heavy atom. The Hall–Kier alpha value is -1.32.